The average molecular weight is 364 g/mol. The van der Waals surface area contributed by atoms with Crippen LogP contribution < -0.4 is 14.2 Å². The summed E-state index contributed by atoms with van der Waals surface area (Å²) in [6.45, 7) is -0.961. The fraction of sp³-hybridized carbons (Fsp3) is 0.211. The lowest BCUT2D eigenvalue weighted by atomic mass is 10.1. The minimum absolute atomic E-state index is 0.0657. The van der Waals surface area contributed by atoms with E-state index in [1.54, 1.807) is 6.92 Å². The number of phenols is 1. The van der Waals surface area contributed by atoms with Crippen LogP contribution in [0.25, 0.3) is 6.08 Å². The summed E-state index contributed by atoms with van der Waals surface area (Å²) in [5.41, 5.74) is 0.910. The fourth-order valence-corrected chi connectivity index (χ4v) is 2.19. The van der Waals surface area contributed by atoms with Gasteiger partial charge in [-0.3, -0.25) is 4.79 Å². The maximum atomic E-state index is 12.4. The molecule has 1 N–H and O–H groups in total. The third kappa shape index (κ3) is 4.95. The number of methoxy groups -OCH3 is 1. The molecule has 0 aliphatic rings. The monoisotopic (exact) mass is 364 g/mol. The van der Waals surface area contributed by atoms with Gasteiger partial charge >= 0.3 is 6.61 Å². The predicted molar refractivity (Wildman–Crippen MR) is 92.3 cm³/mol. The number of allylic oxidation sites excluding steroid dienone is 1. The van der Waals surface area contributed by atoms with Crippen LogP contribution in [0.4, 0.5) is 8.78 Å². The van der Waals surface area contributed by atoms with E-state index in [-0.39, 0.29) is 35.4 Å². The molecule has 0 aliphatic carbocycles. The molecule has 2 aromatic carbocycles. The number of carbonyl (C=O) groups is 1. The van der Waals surface area contributed by atoms with Gasteiger partial charge in [-0.1, -0.05) is 12.1 Å². The molecule has 5 nitrogen and oxygen atoms in total. The van der Waals surface area contributed by atoms with E-state index < -0.39 is 6.61 Å². The number of phenolic OH excluding ortho intramolecular Hbond substituents is 1. The summed E-state index contributed by atoms with van der Waals surface area (Å²) in [5, 5.41) is 9.56. The van der Waals surface area contributed by atoms with Gasteiger partial charge in [-0.05, 0) is 48.9 Å². The largest absolute Gasteiger partial charge is 0.504 e. The minimum atomic E-state index is -2.96. The number of hydrogen-bond donors (Lipinski definition) is 1. The van der Waals surface area contributed by atoms with E-state index in [9.17, 15) is 18.7 Å². The first kappa shape index (κ1) is 19.2. The summed E-state index contributed by atoms with van der Waals surface area (Å²) in [5.74, 6) is -0.100. The second-order valence-corrected chi connectivity index (χ2v) is 5.10. The third-order valence-electron chi connectivity index (χ3n) is 3.38. The maximum Gasteiger partial charge on any atom is 0.387 e. The molecule has 0 spiro atoms. The quantitative estimate of drug-likeness (QED) is 0.559. The second kappa shape index (κ2) is 8.84. The number of ether oxygens (including phenoxy) is 3. The van der Waals surface area contributed by atoms with E-state index in [4.69, 9.17) is 9.47 Å². The molecule has 0 fully saturated rings. The molecule has 0 saturated carbocycles. The first-order valence-corrected chi connectivity index (χ1v) is 7.75. The number of alkyl halides is 2. The summed E-state index contributed by atoms with van der Waals surface area (Å²) in [4.78, 5) is 12.2. The molecule has 0 radical (unpaired) electrons. The van der Waals surface area contributed by atoms with Crippen molar-refractivity contribution in [2.24, 2.45) is 0 Å². The molecule has 2 aromatic rings. The van der Waals surface area contributed by atoms with Crippen LogP contribution in [-0.2, 0) is 0 Å². The van der Waals surface area contributed by atoms with Gasteiger partial charge in [-0.25, -0.2) is 0 Å². The van der Waals surface area contributed by atoms with Gasteiger partial charge in [0, 0.05) is 5.56 Å². The zero-order chi connectivity index (χ0) is 19.1. The Hall–Kier alpha value is -3.09. The molecule has 0 aromatic heterocycles. The molecule has 0 amide bonds. The molecule has 0 atom stereocenters. The van der Waals surface area contributed by atoms with E-state index in [0.29, 0.717) is 11.1 Å². The summed E-state index contributed by atoms with van der Waals surface area (Å²) in [7, 11) is 1.39. The third-order valence-corrected chi connectivity index (χ3v) is 3.38. The highest BCUT2D eigenvalue weighted by Gasteiger charge is 2.11. The number of rotatable bonds is 8. The van der Waals surface area contributed by atoms with Crippen LogP contribution in [0.15, 0.2) is 42.5 Å². The standard InChI is InChI=1S/C19H18F2O5/c1-3-25-18-10-12(5-9-16(18)26-19(20)21)4-7-14(22)13-6-8-15(23)17(11-13)24-2/h4-11,19,23H,3H2,1-2H3/b7-4+. The molecule has 2 rings (SSSR count). The van der Waals surface area contributed by atoms with Gasteiger partial charge in [0.05, 0.1) is 13.7 Å². The fourth-order valence-electron chi connectivity index (χ4n) is 2.19. The van der Waals surface area contributed by atoms with Crippen molar-refractivity contribution in [3.8, 4) is 23.0 Å². The Morgan fingerprint density at radius 1 is 1.15 bits per heavy atom. The first-order valence-electron chi connectivity index (χ1n) is 7.75. The topological polar surface area (TPSA) is 65.0 Å². The van der Waals surface area contributed by atoms with Gasteiger partial charge in [-0.2, -0.15) is 8.78 Å². The van der Waals surface area contributed by atoms with E-state index in [1.807, 2.05) is 0 Å². The molecule has 0 bridgehead atoms. The van der Waals surface area contributed by atoms with Crippen LogP contribution in [-0.4, -0.2) is 31.2 Å². The Morgan fingerprint density at radius 3 is 2.58 bits per heavy atom. The molecule has 7 heteroatoms. The molecule has 0 heterocycles. The Morgan fingerprint density at radius 2 is 1.92 bits per heavy atom. The van der Waals surface area contributed by atoms with Gasteiger partial charge in [0.1, 0.15) is 0 Å². The summed E-state index contributed by atoms with van der Waals surface area (Å²) in [6, 6.07) is 8.64. The van der Waals surface area contributed by atoms with Crippen molar-refractivity contribution in [3.63, 3.8) is 0 Å². The molecule has 26 heavy (non-hydrogen) atoms. The first-order chi connectivity index (χ1) is 12.4. The average Bonchev–Trinajstić information content (AvgIpc) is 2.61. The molecule has 0 saturated heterocycles. The van der Waals surface area contributed by atoms with E-state index in [0.717, 1.165) is 0 Å². The molecular formula is C19H18F2O5. The van der Waals surface area contributed by atoms with Gasteiger partial charge in [0.15, 0.2) is 28.8 Å². The van der Waals surface area contributed by atoms with Crippen molar-refractivity contribution in [2.45, 2.75) is 13.5 Å². The van der Waals surface area contributed by atoms with Crippen LogP contribution in [0, 0.1) is 0 Å². The van der Waals surface area contributed by atoms with Crippen LogP contribution in [0.5, 0.6) is 23.0 Å². The van der Waals surface area contributed by atoms with Gasteiger partial charge in [0.25, 0.3) is 0 Å². The summed E-state index contributed by atoms with van der Waals surface area (Å²) in [6.07, 6.45) is 2.85. The van der Waals surface area contributed by atoms with Crippen LogP contribution in [0.2, 0.25) is 0 Å². The van der Waals surface area contributed by atoms with Crippen molar-refractivity contribution >= 4 is 11.9 Å². The van der Waals surface area contributed by atoms with Crippen molar-refractivity contribution < 1.29 is 32.9 Å². The van der Waals surface area contributed by atoms with E-state index in [1.165, 1.54) is 55.7 Å². The number of ketones is 1. The smallest absolute Gasteiger partial charge is 0.387 e. The zero-order valence-corrected chi connectivity index (χ0v) is 14.2. The summed E-state index contributed by atoms with van der Waals surface area (Å²) < 4.78 is 39.5. The van der Waals surface area contributed by atoms with Crippen molar-refractivity contribution in [3.05, 3.63) is 53.6 Å². The Kier molecular flexibility index (Phi) is 6.54. The molecule has 0 unspecified atom stereocenters. The number of hydrogen-bond acceptors (Lipinski definition) is 5. The Bertz CT molecular complexity index is 803. The van der Waals surface area contributed by atoms with Crippen LogP contribution in [0.3, 0.4) is 0 Å². The lowest BCUT2D eigenvalue weighted by molar-refractivity contribution is -0.0514. The lowest BCUT2D eigenvalue weighted by Crippen LogP contribution is -2.04. The van der Waals surface area contributed by atoms with Crippen LogP contribution >= 0.6 is 0 Å². The minimum Gasteiger partial charge on any atom is -0.504 e. The highest BCUT2D eigenvalue weighted by atomic mass is 19.3. The Labute approximate surface area is 149 Å². The van der Waals surface area contributed by atoms with E-state index in [2.05, 4.69) is 4.74 Å². The maximum absolute atomic E-state index is 12.4. The normalized spacial score (nSPS) is 11.0. The zero-order valence-electron chi connectivity index (χ0n) is 14.2. The molecular weight excluding hydrogens is 346 g/mol. The molecule has 138 valence electrons. The van der Waals surface area contributed by atoms with Gasteiger partial charge in [-0.15, -0.1) is 0 Å². The highest BCUT2D eigenvalue weighted by Crippen LogP contribution is 2.30. The number of aromatic hydroxyl groups is 1. The number of carbonyl (C=O) groups excluding carboxylic acids is 1. The molecule has 0 aliphatic heterocycles. The number of benzene rings is 2. The van der Waals surface area contributed by atoms with Crippen molar-refractivity contribution in [1.82, 2.24) is 0 Å². The number of halogens is 2. The van der Waals surface area contributed by atoms with Crippen molar-refractivity contribution in [1.29, 1.82) is 0 Å². The van der Waals surface area contributed by atoms with Gasteiger partial charge < -0.3 is 19.3 Å². The second-order valence-electron chi connectivity index (χ2n) is 5.10. The SMILES string of the molecule is CCOc1cc(/C=C/C(=O)c2ccc(O)c(OC)c2)ccc1OC(F)F. The Balaban J connectivity index is 2.21. The summed E-state index contributed by atoms with van der Waals surface area (Å²) >= 11 is 0. The van der Waals surface area contributed by atoms with Crippen molar-refractivity contribution in [2.75, 3.05) is 13.7 Å². The van der Waals surface area contributed by atoms with Crippen LogP contribution in [0.1, 0.15) is 22.8 Å². The van der Waals surface area contributed by atoms with Gasteiger partial charge in [0.2, 0.25) is 0 Å². The van der Waals surface area contributed by atoms with E-state index >= 15 is 0 Å². The highest BCUT2D eigenvalue weighted by molar-refractivity contribution is 6.07. The predicted octanol–water partition coefficient (Wildman–Crippen LogP) is 4.30. The lowest BCUT2D eigenvalue weighted by Gasteiger charge is -2.11.